The zero-order valence-corrected chi connectivity index (χ0v) is 22.5. The van der Waals surface area contributed by atoms with Crippen molar-refractivity contribution in [3.63, 3.8) is 0 Å². The number of carbonyl (C=O) groups is 4. The van der Waals surface area contributed by atoms with Gasteiger partial charge in [0.25, 0.3) is 5.91 Å². The van der Waals surface area contributed by atoms with Gasteiger partial charge in [0.15, 0.2) is 5.92 Å². The van der Waals surface area contributed by atoms with Crippen LogP contribution in [-0.4, -0.2) is 33.2 Å². The predicted octanol–water partition coefficient (Wildman–Crippen LogP) is 5.16. The molecular formula is C30H22FN5O4S. The van der Waals surface area contributed by atoms with E-state index in [9.17, 15) is 28.8 Å². The van der Waals surface area contributed by atoms with E-state index in [2.05, 4.69) is 15.7 Å². The number of benzene rings is 3. The maximum Gasteiger partial charge on any atom is 0.291 e. The molecule has 1 aliphatic heterocycles. The van der Waals surface area contributed by atoms with E-state index >= 15 is 0 Å². The minimum absolute atomic E-state index is 0.0293. The molecule has 4 aromatic rings. The Morgan fingerprint density at radius 3 is 2.41 bits per heavy atom. The van der Waals surface area contributed by atoms with Crippen LogP contribution in [0.2, 0.25) is 0 Å². The average Bonchev–Trinajstić information content (AvgIpc) is 3.39. The molecule has 204 valence electrons. The molecule has 2 heterocycles. The van der Waals surface area contributed by atoms with Crippen LogP contribution in [0.1, 0.15) is 29.4 Å². The molecule has 0 bridgehead atoms. The van der Waals surface area contributed by atoms with Gasteiger partial charge >= 0.3 is 0 Å². The van der Waals surface area contributed by atoms with Gasteiger partial charge in [-0.05, 0) is 54.6 Å². The summed E-state index contributed by atoms with van der Waals surface area (Å²) in [6.45, 7) is 1.60. The van der Waals surface area contributed by atoms with Gasteiger partial charge in [-0.3, -0.25) is 19.2 Å². The predicted molar refractivity (Wildman–Crippen MR) is 151 cm³/mol. The van der Waals surface area contributed by atoms with Gasteiger partial charge in [0.05, 0.1) is 17.5 Å². The second-order valence-electron chi connectivity index (χ2n) is 9.08. The molecular weight excluding hydrogens is 545 g/mol. The Balaban J connectivity index is 1.57. The minimum Gasteiger partial charge on any atom is -0.325 e. The van der Waals surface area contributed by atoms with Crippen molar-refractivity contribution in [2.75, 3.05) is 10.6 Å². The monoisotopic (exact) mass is 567 g/mol. The fourth-order valence-corrected chi connectivity index (χ4v) is 5.42. The number of hydrogen-bond donors (Lipinski definition) is 2. The van der Waals surface area contributed by atoms with E-state index in [-0.39, 0.29) is 17.8 Å². The highest BCUT2D eigenvalue weighted by Crippen LogP contribution is 2.45. The van der Waals surface area contributed by atoms with E-state index in [1.165, 1.54) is 23.9 Å². The molecule has 0 saturated carbocycles. The van der Waals surface area contributed by atoms with Crippen LogP contribution in [0.3, 0.4) is 0 Å². The summed E-state index contributed by atoms with van der Waals surface area (Å²) in [6, 6.07) is 21.0. The molecule has 41 heavy (non-hydrogen) atoms. The summed E-state index contributed by atoms with van der Waals surface area (Å²) in [5.74, 6) is -4.78. The molecule has 2 amide bonds. The first-order valence-electron chi connectivity index (χ1n) is 12.6. The number of hydrogen-bond acceptors (Lipinski definition) is 7. The topological polar surface area (TPSA) is 134 Å². The van der Waals surface area contributed by atoms with E-state index < -0.39 is 35.1 Å². The van der Waals surface area contributed by atoms with Crippen LogP contribution in [0.4, 0.5) is 15.8 Å². The molecule has 1 atom stereocenters. The third-order valence-corrected chi connectivity index (χ3v) is 7.52. The summed E-state index contributed by atoms with van der Waals surface area (Å²) < 4.78 is 14.9. The number of fused-ring (bicyclic) bond motifs is 3. The molecule has 0 saturated heterocycles. The van der Waals surface area contributed by atoms with Crippen LogP contribution in [0.15, 0.2) is 77.7 Å². The molecule has 3 aromatic carbocycles. The second-order valence-corrected chi connectivity index (χ2v) is 10.1. The third kappa shape index (κ3) is 5.50. The van der Waals surface area contributed by atoms with Crippen LogP contribution in [0.5, 0.6) is 0 Å². The van der Waals surface area contributed by atoms with E-state index in [4.69, 9.17) is 0 Å². The first kappa shape index (κ1) is 27.5. The van der Waals surface area contributed by atoms with E-state index in [0.717, 1.165) is 17.0 Å². The Kier molecular flexibility index (Phi) is 7.76. The lowest BCUT2D eigenvalue weighted by molar-refractivity contribution is -0.134. The number of amides is 2. The van der Waals surface area contributed by atoms with E-state index in [1.807, 2.05) is 24.3 Å². The third-order valence-electron chi connectivity index (χ3n) is 6.42. The molecule has 1 aliphatic rings. The quantitative estimate of drug-likeness (QED) is 0.171. The number of aromatic nitrogens is 2. The molecule has 5 rings (SSSR count). The number of carbonyl (C=O) groups excluding carboxylic acids is 4. The number of para-hydroxylation sites is 1. The van der Waals surface area contributed by atoms with Gasteiger partial charge in [0, 0.05) is 39.6 Å². The van der Waals surface area contributed by atoms with Gasteiger partial charge in [0.1, 0.15) is 11.5 Å². The number of halogens is 1. The number of ketones is 2. The summed E-state index contributed by atoms with van der Waals surface area (Å²) in [5, 5.41) is 19.5. The number of nitriles is 1. The maximum absolute atomic E-state index is 13.7. The van der Waals surface area contributed by atoms with Gasteiger partial charge in [-0.25, -0.2) is 9.07 Å². The summed E-state index contributed by atoms with van der Waals surface area (Å²) in [5.41, 5.74) is 3.01. The highest BCUT2D eigenvalue weighted by Gasteiger charge is 2.36. The fourth-order valence-electron chi connectivity index (χ4n) is 4.37. The summed E-state index contributed by atoms with van der Waals surface area (Å²) in [6.07, 6.45) is 0.0673. The first-order chi connectivity index (χ1) is 19.8. The highest BCUT2D eigenvalue weighted by molar-refractivity contribution is 7.98. The maximum atomic E-state index is 13.7. The van der Waals surface area contributed by atoms with Crippen molar-refractivity contribution < 1.29 is 23.6 Å². The normalized spacial score (nSPS) is 12.3. The summed E-state index contributed by atoms with van der Waals surface area (Å²) in [7, 11) is 0. The Morgan fingerprint density at radius 2 is 1.73 bits per heavy atom. The lowest BCUT2D eigenvalue weighted by Gasteiger charge is -2.19. The fraction of sp³-hybridized carbons (Fsp3) is 0.133. The van der Waals surface area contributed by atoms with Crippen LogP contribution in [0.25, 0.3) is 16.9 Å². The average molecular weight is 568 g/mol. The lowest BCUT2D eigenvalue weighted by Crippen LogP contribution is -2.29. The Morgan fingerprint density at radius 1 is 1.02 bits per heavy atom. The van der Waals surface area contributed by atoms with Crippen LogP contribution < -0.4 is 10.6 Å². The van der Waals surface area contributed by atoms with Gasteiger partial charge in [-0.15, -0.1) is 11.8 Å². The zero-order chi connectivity index (χ0) is 29.1. The summed E-state index contributed by atoms with van der Waals surface area (Å²) in [4.78, 5) is 51.6. The van der Waals surface area contributed by atoms with Crippen molar-refractivity contribution in [3.05, 3.63) is 89.9 Å². The number of nitrogens with zero attached hydrogens (tertiary/aromatic N) is 3. The van der Waals surface area contributed by atoms with Crippen LogP contribution in [-0.2, 0) is 20.1 Å². The number of thioether (sulfide) groups is 1. The number of Topliss-reactive ketones (excluding diaryl/α,β-unsaturated/α-hetero) is 2. The number of nitrogens with one attached hydrogen (secondary N) is 2. The standard InChI is InChI=1S/C30H22FN5O4S/c1-2-24(37)30(40)34-19-12-13-25-21(14-19)27-23(16-41-25)26(35-36(27)20-6-4-3-5-7-20)28(38)22(15-32)29(39)33-18-10-8-17(31)9-11-18/h3-14,22H,2,16H2,1H3,(H,33,39)(H,34,40). The molecule has 0 fully saturated rings. The second kappa shape index (κ2) is 11.6. The van der Waals surface area contributed by atoms with Crippen molar-refractivity contribution in [1.82, 2.24) is 9.78 Å². The Bertz CT molecular complexity index is 1730. The molecule has 11 heteroatoms. The largest absolute Gasteiger partial charge is 0.325 e. The molecule has 0 radical (unpaired) electrons. The molecule has 0 aliphatic carbocycles. The molecule has 9 nitrogen and oxygen atoms in total. The SMILES string of the molecule is CCC(=O)C(=O)Nc1ccc2c(c1)-c1c(c(C(=O)C(C#N)C(=O)Nc3ccc(F)cc3)nn1-c1ccccc1)CS2. The number of anilines is 2. The van der Waals surface area contributed by atoms with E-state index in [0.29, 0.717) is 33.9 Å². The van der Waals surface area contributed by atoms with Crippen molar-refractivity contribution in [3.8, 4) is 23.0 Å². The van der Waals surface area contributed by atoms with Crippen molar-refractivity contribution in [2.45, 2.75) is 24.0 Å². The zero-order valence-electron chi connectivity index (χ0n) is 21.7. The summed E-state index contributed by atoms with van der Waals surface area (Å²) >= 11 is 1.44. The number of rotatable bonds is 8. The van der Waals surface area contributed by atoms with E-state index in [1.54, 1.807) is 41.9 Å². The molecule has 1 unspecified atom stereocenters. The van der Waals surface area contributed by atoms with Gasteiger partial charge < -0.3 is 10.6 Å². The minimum atomic E-state index is -1.71. The van der Waals surface area contributed by atoms with Gasteiger partial charge in [0.2, 0.25) is 17.5 Å². The van der Waals surface area contributed by atoms with Crippen molar-refractivity contribution >= 4 is 46.5 Å². The van der Waals surface area contributed by atoms with Gasteiger partial charge in [-0.2, -0.15) is 10.4 Å². The molecule has 0 spiro atoms. The van der Waals surface area contributed by atoms with Crippen molar-refractivity contribution in [1.29, 1.82) is 5.26 Å². The molecule has 1 aromatic heterocycles. The Hall–Kier alpha value is -5.08. The van der Waals surface area contributed by atoms with Crippen molar-refractivity contribution in [2.24, 2.45) is 5.92 Å². The Labute approximate surface area is 238 Å². The lowest BCUT2D eigenvalue weighted by atomic mass is 9.97. The van der Waals surface area contributed by atoms with Gasteiger partial charge in [-0.1, -0.05) is 25.1 Å². The smallest absolute Gasteiger partial charge is 0.291 e. The first-order valence-corrected chi connectivity index (χ1v) is 13.6. The van der Waals surface area contributed by atoms with Crippen LogP contribution in [0, 0.1) is 23.1 Å². The van der Waals surface area contributed by atoms with Crippen LogP contribution >= 0.6 is 11.8 Å². The highest BCUT2D eigenvalue weighted by atomic mass is 32.2. The molecule has 2 N–H and O–H groups in total.